The van der Waals surface area contributed by atoms with E-state index >= 15 is 0 Å². The summed E-state index contributed by atoms with van der Waals surface area (Å²) < 4.78 is 4.88. The average molecular weight is 712 g/mol. The van der Waals surface area contributed by atoms with E-state index in [-0.39, 0.29) is 0 Å². The normalized spacial score (nSPS) is 11.9. The number of para-hydroxylation sites is 2. The Balaban J connectivity index is 1.17. The SMILES string of the molecule is c1ccc(-c2c3ccccc3c(-c3ccc4c(c3)c3ccccc3n4-c3cc4c5cnccc5n(-c5ccccc5)c4c4ccccc34)c3ccccc23)cc1. The first-order valence-electron chi connectivity index (χ1n) is 19.2. The zero-order valence-corrected chi connectivity index (χ0v) is 30.4. The summed E-state index contributed by atoms with van der Waals surface area (Å²) in [4.78, 5) is 4.63. The summed E-state index contributed by atoms with van der Waals surface area (Å²) in [5, 5.41) is 12.2. The lowest BCUT2D eigenvalue weighted by Gasteiger charge is -2.18. The van der Waals surface area contributed by atoms with Gasteiger partial charge in [0.05, 0.1) is 27.8 Å². The molecule has 0 amide bonds. The number of hydrogen-bond acceptors (Lipinski definition) is 1. The Morgan fingerprint density at radius 3 is 1.55 bits per heavy atom. The van der Waals surface area contributed by atoms with E-state index in [4.69, 9.17) is 0 Å². The molecule has 0 aliphatic rings. The molecular formula is C53H33N3. The van der Waals surface area contributed by atoms with Crippen LogP contribution in [0.25, 0.3) is 110 Å². The van der Waals surface area contributed by atoms with Crippen molar-refractivity contribution < 1.29 is 0 Å². The fraction of sp³-hybridized carbons (Fsp3) is 0. The van der Waals surface area contributed by atoms with Gasteiger partial charge in [-0.25, -0.2) is 0 Å². The molecule has 260 valence electrons. The van der Waals surface area contributed by atoms with E-state index in [0.717, 1.165) is 22.3 Å². The van der Waals surface area contributed by atoms with E-state index in [1.165, 1.54) is 87.3 Å². The molecule has 9 aromatic carbocycles. The fourth-order valence-corrected chi connectivity index (χ4v) is 9.47. The lowest BCUT2D eigenvalue weighted by Crippen LogP contribution is -1.98. The zero-order valence-electron chi connectivity index (χ0n) is 30.4. The predicted molar refractivity (Wildman–Crippen MR) is 236 cm³/mol. The van der Waals surface area contributed by atoms with Gasteiger partial charge in [0.15, 0.2) is 0 Å². The molecule has 0 aliphatic carbocycles. The van der Waals surface area contributed by atoms with E-state index < -0.39 is 0 Å². The van der Waals surface area contributed by atoms with Gasteiger partial charge in [-0.15, -0.1) is 0 Å². The van der Waals surface area contributed by atoms with Gasteiger partial charge >= 0.3 is 0 Å². The Bertz CT molecular complexity index is 3460. The largest absolute Gasteiger partial charge is 0.309 e. The molecule has 56 heavy (non-hydrogen) atoms. The summed E-state index contributed by atoms with van der Waals surface area (Å²) in [6.45, 7) is 0. The minimum atomic E-state index is 1.14. The van der Waals surface area contributed by atoms with Gasteiger partial charge in [0.2, 0.25) is 0 Å². The molecule has 0 saturated heterocycles. The maximum atomic E-state index is 4.63. The molecule has 0 atom stereocenters. The zero-order chi connectivity index (χ0) is 36.7. The molecule has 12 aromatic rings. The topological polar surface area (TPSA) is 22.8 Å². The molecule has 0 radical (unpaired) electrons. The number of aromatic nitrogens is 3. The first-order valence-corrected chi connectivity index (χ1v) is 19.2. The van der Waals surface area contributed by atoms with E-state index in [9.17, 15) is 0 Å². The first-order chi connectivity index (χ1) is 27.8. The molecule has 0 bridgehead atoms. The second-order valence-corrected chi connectivity index (χ2v) is 14.7. The highest BCUT2D eigenvalue weighted by atomic mass is 15.0. The van der Waals surface area contributed by atoms with Crippen LogP contribution in [0.5, 0.6) is 0 Å². The van der Waals surface area contributed by atoms with Gasteiger partial charge in [-0.3, -0.25) is 4.98 Å². The minimum Gasteiger partial charge on any atom is -0.309 e. The second kappa shape index (κ2) is 12.0. The number of benzene rings is 9. The Kier molecular flexibility index (Phi) is 6.63. The van der Waals surface area contributed by atoms with Crippen molar-refractivity contribution in [1.82, 2.24) is 14.1 Å². The molecule has 3 heterocycles. The van der Waals surface area contributed by atoms with Crippen LogP contribution in [-0.4, -0.2) is 14.1 Å². The third kappa shape index (κ3) is 4.37. The van der Waals surface area contributed by atoms with Gasteiger partial charge in [0.1, 0.15) is 0 Å². The van der Waals surface area contributed by atoms with Crippen LogP contribution in [0.15, 0.2) is 200 Å². The van der Waals surface area contributed by atoms with Crippen LogP contribution in [-0.2, 0) is 0 Å². The Morgan fingerprint density at radius 1 is 0.321 bits per heavy atom. The van der Waals surface area contributed by atoms with E-state index in [1.807, 2.05) is 12.4 Å². The molecule has 3 heteroatoms. The quantitative estimate of drug-likeness (QED) is 0.167. The van der Waals surface area contributed by atoms with Gasteiger partial charge in [0.25, 0.3) is 0 Å². The summed E-state index contributed by atoms with van der Waals surface area (Å²) in [5.74, 6) is 0. The molecule has 0 N–H and O–H groups in total. The third-order valence-corrected chi connectivity index (χ3v) is 11.8. The molecular weight excluding hydrogens is 679 g/mol. The fourth-order valence-electron chi connectivity index (χ4n) is 9.47. The van der Waals surface area contributed by atoms with Crippen LogP contribution in [0.2, 0.25) is 0 Å². The number of hydrogen-bond donors (Lipinski definition) is 0. The van der Waals surface area contributed by atoms with Crippen LogP contribution in [0.4, 0.5) is 0 Å². The van der Waals surface area contributed by atoms with Crippen molar-refractivity contribution in [2.24, 2.45) is 0 Å². The van der Waals surface area contributed by atoms with Crippen molar-refractivity contribution in [1.29, 1.82) is 0 Å². The van der Waals surface area contributed by atoms with Gasteiger partial charge in [-0.2, -0.15) is 0 Å². The number of pyridine rings is 1. The van der Waals surface area contributed by atoms with Crippen molar-refractivity contribution >= 4 is 75.9 Å². The van der Waals surface area contributed by atoms with Crippen molar-refractivity contribution in [2.75, 3.05) is 0 Å². The molecule has 3 aromatic heterocycles. The van der Waals surface area contributed by atoms with Crippen molar-refractivity contribution in [2.45, 2.75) is 0 Å². The Labute approximate surface area is 322 Å². The molecule has 0 aliphatic heterocycles. The standard InChI is InChI=1S/C53H33N3/c1-3-15-34(16-4-1)51-39-21-8-10-23-41(39)52(42-24-11-9-22-40(42)51)35-27-28-48-44(31-35)38-20-13-14-26-47(38)56(48)50-32-45-46-33-54-30-29-49(46)55(36-17-5-2-6-18-36)53(45)43-25-12-7-19-37(43)50/h1-33H. The summed E-state index contributed by atoms with van der Waals surface area (Å²) in [6.07, 6.45) is 3.92. The maximum absolute atomic E-state index is 4.63. The summed E-state index contributed by atoms with van der Waals surface area (Å²) in [5.41, 5.74) is 12.0. The van der Waals surface area contributed by atoms with Crippen LogP contribution in [0, 0.1) is 0 Å². The van der Waals surface area contributed by atoms with Crippen molar-refractivity contribution in [3.63, 3.8) is 0 Å². The summed E-state index contributed by atoms with van der Waals surface area (Å²) in [6, 6.07) is 68.7. The smallest absolute Gasteiger partial charge is 0.0621 e. The minimum absolute atomic E-state index is 1.14. The highest BCUT2D eigenvalue weighted by molar-refractivity contribution is 6.24. The first kappa shape index (κ1) is 30.9. The second-order valence-electron chi connectivity index (χ2n) is 14.7. The molecule has 12 rings (SSSR count). The predicted octanol–water partition coefficient (Wildman–Crippen LogP) is 14.1. The highest BCUT2D eigenvalue weighted by Gasteiger charge is 2.22. The van der Waals surface area contributed by atoms with Crippen molar-refractivity contribution in [3.8, 4) is 33.6 Å². The van der Waals surface area contributed by atoms with Gasteiger partial charge < -0.3 is 9.13 Å². The van der Waals surface area contributed by atoms with Crippen LogP contribution in [0.3, 0.4) is 0 Å². The summed E-state index contributed by atoms with van der Waals surface area (Å²) in [7, 11) is 0. The number of rotatable bonds is 4. The lowest BCUT2D eigenvalue weighted by molar-refractivity contribution is 1.18. The lowest BCUT2D eigenvalue weighted by atomic mass is 9.86. The molecule has 0 spiro atoms. The van der Waals surface area contributed by atoms with Crippen LogP contribution >= 0.6 is 0 Å². The molecule has 3 nitrogen and oxygen atoms in total. The molecule has 0 saturated carbocycles. The van der Waals surface area contributed by atoms with Crippen LogP contribution in [0.1, 0.15) is 0 Å². The van der Waals surface area contributed by atoms with Crippen LogP contribution < -0.4 is 0 Å². The highest BCUT2D eigenvalue weighted by Crippen LogP contribution is 2.46. The summed E-state index contributed by atoms with van der Waals surface area (Å²) >= 11 is 0. The monoisotopic (exact) mass is 711 g/mol. The Morgan fingerprint density at radius 2 is 0.857 bits per heavy atom. The average Bonchev–Trinajstić information content (AvgIpc) is 3.78. The third-order valence-electron chi connectivity index (χ3n) is 11.8. The van der Waals surface area contributed by atoms with Gasteiger partial charge in [-0.05, 0) is 86.3 Å². The van der Waals surface area contributed by atoms with E-state index in [0.29, 0.717) is 0 Å². The van der Waals surface area contributed by atoms with E-state index in [2.05, 4.69) is 202 Å². The number of nitrogens with zero attached hydrogens (tertiary/aromatic N) is 3. The molecule has 0 unspecified atom stereocenters. The molecule has 0 fully saturated rings. The Hall–Kier alpha value is -7.49. The van der Waals surface area contributed by atoms with Gasteiger partial charge in [-0.1, -0.05) is 146 Å². The van der Waals surface area contributed by atoms with Gasteiger partial charge in [0, 0.05) is 50.4 Å². The van der Waals surface area contributed by atoms with Crippen molar-refractivity contribution in [3.05, 3.63) is 200 Å². The number of fused-ring (bicyclic) bond motifs is 10. The van der Waals surface area contributed by atoms with E-state index in [1.54, 1.807) is 0 Å². The maximum Gasteiger partial charge on any atom is 0.0621 e.